The maximum Gasteiger partial charge on any atom is 0.0406 e. The Balaban J connectivity index is 2.49. The smallest absolute Gasteiger partial charge is 0.0406 e. The first kappa shape index (κ1) is 10.7. The molecule has 0 bridgehead atoms. The number of rotatable bonds is 1. The molecule has 2 rings (SSSR count). The van der Waals surface area contributed by atoms with Gasteiger partial charge in [0.1, 0.15) is 0 Å². The minimum Gasteiger partial charge on any atom is -0.0843 e. The maximum absolute atomic E-state index is 5.85. The third kappa shape index (κ3) is 2.61. The third-order valence-corrected chi connectivity index (χ3v) is 2.93. The molecule has 0 aromatic heterocycles. The normalized spacial score (nSPS) is 10.3. The van der Waals surface area contributed by atoms with E-state index in [1.54, 1.807) is 0 Å². The molecule has 76 valence electrons. The number of aryl methyl sites for hydroxylation is 1. The Bertz CT molecular complexity index is 454. The summed E-state index contributed by atoms with van der Waals surface area (Å²) in [4.78, 5) is 0. The van der Waals surface area contributed by atoms with Crippen LogP contribution in [0, 0.1) is 6.92 Å². The fraction of sp³-hybridized carbons (Fsp3) is 0.0769. The topological polar surface area (TPSA) is 0 Å². The van der Waals surface area contributed by atoms with Crippen molar-refractivity contribution < 1.29 is 0 Å². The van der Waals surface area contributed by atoms with Gasteiger partial charge in [-0.3, -0.25) is 0 Å². The predicted octanol–water partition coefficient (Wildman–Crippen LogP) is 5.08. The summed E-state index contributed by atoms with van der Waals surface area (Å²) in [5, 5.41) is 0.769. The van der Waals surface area contributed by atoms with E-state index in [2.05, 4.69) is 41.1 Å². The van der Waals surface area contributed by atoms with Crippen LogP contribution < -0.4 is 0 Å². The maximum atomic E-state index is 5.85. The van der Waals surface area contributed by atoms with Crippen molar-refractivity contribution >= 4 is 27.5 Å². The summed E-state index contributed by atoms with van der Waals surface area (Å²) in [5.74, 6) is 0. The molecule has 0 fully saturated rings. The molecule has 2 heteroatoms. The Morgan fingerprint density at radius 2 is 1.60 bits per heavy atom. The molecular formula is C13H10BrCl. The van der Waals surface area contributed by atoms with E-state index in [0.29, 0.717) is 0 Å². The van der Waals surface area contributed by atoms with Crippen LogP contribution in [0.3, 0.4) is 0 Å². The van der Waals surface area contributed by atoms with Gasteiger partial charge >= 0.3 is 0 Å². The van der Waals surface area contributed by atoms with Crippen LogP contribution in [0.15, 0.2) is 46.9 Å². The summed E-state index contributed by atoms with van der Waals surface area (Å²) in [6.45, 7) is 2.09. The summed E-state index contributed by atoms with van der Waals surface area (Å²) < 4.78 is 1.10. The van der Waals surface area contributed by atoms with Crippen molar-refractivity contribution in [3.05, 3.63) is 57.5 Å². The van der Waals surface area contributed by atoms with Gasteiger partial charge in [0.05, 0.1) is 0 Å². The van der Waals surface area contributed by atoms with E-state index in [-0.39, 0.29) is 0 Å². The lowest BCUT2D eigenvalue weighted by Gasteiger charge is -2.04. The van der Waals surface area contributed by atoms with Crippen LogP contribution >= 0.6 is 27.5 Å². The molecular weight excluding hydrogens is 272 g/mol. The van der Waals surface area contributed by atoms with Gasteiger partial charge in [-0.2, -0.15) is 0 Å². The van der Waals surface area contributed by atoms with Crippen molar-refractivity contribution in [3.63, 3.8) is 0 Å². The second-order valence-corrected chi connectivity index (χ2v) is 4.88. The van der Waals surface area contributed by atoms with Gasteiger partial charge in [-0.1, -0.05) is 45.7 Å². The summed E-state index contributed by atoms with van der Waals surface area (Å²) in [7, 11) is 0. The molecule has 0 radical (unpaired) electrons. The fourth-order valence-electron chi connectivity index (χ4n) is 1.55. The van der Waals surface area contributed by atoms with Crippen LogP contribution in [-0.2, 0) is 0 Å². The van der Waals surface area contributed by atoms with Gasteiger partial charge in [-0.25, -0.2) is 0 Å². The molecule has 2 aromatic carbocycles. The van der Waals surface area contributed by atoms with Crippen molar-refractivity contribution in [2.24, 2.45) is 0 Å². The first-order chi connectivity index (χ1) is 7.15. The summed E-state index contributed by atoms with van der Waals surface area (Å²) >= 11 is 9.35. The number of halogens is 2. The van der Waals surface area contributed by atoms with Gasteiger partial charge in [0.25, 0.3) is 0 Å². The second-order valence-electron chi connectivity index (χ2n) is 3.52. The molecule has 0 nitrogen and oxygen atoms in total. The van der Waals surface area contributed by atoms with Crippen LogP contribution in [0.5, 0.6) is 0 Å². The van der Waals surface area contributed by atoms with E-state index in [1.807, 2.05) is 24.3 Å². The molecule has 0 saturated heterocycles. The second kappa shape index (κ2) is 4.38. The summed E-state index contributed by atoms with van der Waals surface area (Å²) in [6.07, 6.45) is 0. The van der Waals surface area contributed by atoms with Crippen LogP contribution in [0.1, 0.15) is 5.56 Å². The molecule has 0 unspecified atom stereocenters. The highest BCUT2D eigenvalue weighted by atomic mass is 79.9. The number of hydrogen-bond acceptors (Lipinski definition) is 0. The number of benzene rings is 2. The highest BCUT2D eigenvalue weighted by Gasteiger charge is 1.99. The Morgan fingerprint density at radius 1 is 0.933 bits per heavy atom. The van der Waals surface area contributed by atoms with E-state index in [1.165, 1.54) is 16.7 Å². The summed E-state index contributed by atoms with van der Waals surface area (Å²) in [6, 6.07) is 14.2. The van der Waals surface area contributed by atoms with Crippen LogP contribution in [-0.4, -0.2) is 0 Å². The Kier molecular flexibility index (Phi) is 3.13. The van der Waals surface area contributed by atoms with Crippen molar-refractivity contribution in [2.45, 2.75) is 6.92 Å². The summed E-state index contributed by atoms with van der Waals surface area (Å²) in [5.41, 5.74) is 3.64. The molecule has 15 heavy (non-hydrogen) atoms. The highest BCUT2D eigenvalue weighted by Crippen LogP contribution is 2.25. The van der Waals surface area contributed by atoms with Crippen LogP contribution in [0.2, 0.25) is 5.02 Å². The van der Waals surface area contributed by atoms with Gasteiger partial charge in [-0.05, 0) is 47.9 Å². The molecule has 0 atom stereocenters. The van der Waals surface area contributed by atoms with Gasteiger partial charge in [0.2, 0.25) is 0 Å². The zero-order chi connectivity index (χ0) is 10.8. The third-order valence-electron chi connectivity index (χ3n) is 2.22. The lowest BCUT2D eigenvalue weighted by molar-refractivity contribution is 1.45. The molecule has 0 N–H and O–H groups in total. The largest absolute Gasteiger partial charge is 0.0843 e. The Hall–Kier alpha value is -0.790. The average Bonchev–Trinajstić information content (AvgIpc) is 2.17. The molecule has 0 aliphatic carbocycles. The SMILES string of the molecule is Cc1cc(Br)cc(-c2ccc(Cl)cc2)c1. The van der Waals surface area contributed by atoms with E-state index < -0.39 is 0 Å². The van der Waals surface area contributed by atoms with Crippen molar-refractivity contribution in [2.75, 3.05) is 0 Å². The highest BCUT2D eigenvalue weighted by molar-refractivity contribution is 9.10. The van der Waals surface area contributed by atoms with E-state index in [4.69, 9.17) is 11.6 Å². The quantitative estimate of drug-likeness (QED) is 0.684. The predicted molar refractivity (Wildman–Crippen MR) is 69.3 cm³/mol. The van der Waals surface area contributed by atoms with Crippen LogP contribution in [0.4, 0.5) is 0 Å². The zero-order valence-electron chi connectivity index (χ0n) is 8.30. The molecule has 0 aliphatic rings. The number of hydrogen-bond donors (Lipinski definition) is 0. The van der Waals surface area contributed by atoms with E-state index >= 15 is 0 Å². The zero-order valence-corrected chi connectivity index (χ0v) is 10.6. The Labute approximate surface area is 103 Å². The van der Waals surface area contributed by atoms with Gasteiger partial charge in [-0.15, -0.1) is 0 Å². The van der Waals surface area contributed by atoms with Gasteiger partial charge in [0, 0.05) is 9.50 Å². The monoisotopic (exact) mass is 280 g/mol. The minimum absolute atomic E-state index is 0.769. The van der Waals surface area contributed by atoms with Gasteiger partial charge < -0.3 is 0 Å². The molecule has 2 aromatic rings. The van der Waals surface area contributed by atoms with Gasteiger partial charge in [0.15, 0.2) is 0 Å². The van der Waals surface area contributed by atoms with Crippen molar-refractivity contribution in [3.8, 4) is 11.1 Å². The molecule has 0 spiro atoms. The first-order valence-electron chi connectivity index (χ1n) is 4.68. The molecule has 0 amide bonds. The standard InChI is InChI=1S/C13H10BrCl/c1-9-6-11(8-12(14)7-9)10-2-4-13(15)5-3-10/h2-8H,1H3. The molecule has 0 heterocycles. The minimum atomic E-state index is 0.769. The van der Waals surface area contributed by atoms with E-state index in [9.17, 15) is 0 Å². The lowest BCUT2D eigenvalue weighted by Crippen LogP contribution is -1.80. The fourth-order valence-corrected chi connectivity index (χ4v) is 2.28. The molecule has 0 aliphatic heterocycles. The Morgan fingerprint density at radius 3 is 2.20 bits per heavy atom. The lowest BCUT2D eigenvalue weighted by atomic mass is 10.0. The van der Waals surface area contributed by atoms with Crippen molar-refractivity contribution in [1.29, 1.82) is 0 Å². The first-order valence-corrected chi connectivity index (χ1v) is 5.85. The average molecular weight is 282 g/mol. The molecule has 0 saturated carbocycles. The van der Waals surface area contributed by atoms with Crippen molar-refractivity contribution in [1.82, 2.24) is 0 Å². The van der Waals surface area contributed by atoms with Crippen LogP contribution in [0.25, 0.3) is 11.1 Å². The van der Waals surface area contributed by atoms with E-state index in [0.717, 1.165) is 9.50 Å².